The molecule has 4 N–H and O–H groups in total. The minimum absolute atomic E-state index is 0.00546. The van der Waals surface area contributed by atoms with Crippen LogP contribution in [0.15, 0.2) is 23.2 Å². The Morgan fingerprint density at radius 3 is 1.79 bits per heavy atom. The van der Waals surface area contributed by atoms with Crippen LogP contribution in [0.5, 0.6) is 0 Å². The molecule has 4 rings (SSSR count). The van der Waals surface area contributed by atoms with Crippen molar-refractivity contribution in [2.45, 2.75) is 12.5 Å². The van der Waals surface area contributed by atoms with Gasteiger partial charge in [-0.3, -0.25) is 9.59 Å². The van der Waals surface area contributed by atoms with Crippen LogP contribution in [-0.4, -0.2) is 94.5 Å². The Balaban J connectivity index is 0.000000209. The van der Waals surface area contributed by atoms with Gasteiger partial charge in [0.05, 0.1) is 24.4 Å². The second kappa shape index (κ2) is 6.19. The molecule has 0 amide bonds. The van der Waals surface area contributed by atoms with E-state index in [0.29, 0.717) is 17.1 Å². The Morgan fingerprint density at radius 2 is 1.42 bits per heavy atom. The third kappa shape index (κ3) is 3.61. The first-order valence-electron chi connectivity index (χ1n) is 8.18. The lowest BCUT2D eigenvalue weighted by atomic mass is 10.0. The van der Waals surface area contributed by atoms with E-state index in [4.69, 9.17) is 15.9 Å². The van der Waals surface area contributed by atoms with Crippen LogP contribution in [0.25, 0.3) is 0 Å². The monoisotopic (exact) mass is 336 g/mol. The molecular formula is C16H24N4O4. The highest BCUT2D eigenvalue weighted by Gasteiger charge is 2.43. The molecule has 0 unspecified atom stereocenters. The minimum Gasteiger partial charge on any atom is -0.394 e. The molecule has 3 heterocycles. The first-order valence-corrected chi connectivity index (χ1v) is 8.18. The molecule has 8 heteroatoms. The third-order valence-electron chi connectivity index (χ3n) is 4.21. The van der Waals surface area contributed by atoms with Crippen LogP contribution in [-0.2, 0) is 9.59 Å². The molecule has 8 nitrogen and oxygen atoms in total. The Labute approximate surface area is 140 Å². The van der Waals surface area contributed by atoms with E-state index in [2.05, 4.69) is 0 Å². The van der Waals surface area contributed by atoms with Crippen LogP contribution in [0, 0.1) is 0 Å². The normalized spacial score (nSPS) is 22.3. The van der Waals surface area contributed by atoms with Crippen molar-refractivity contribution in [3.63, 3.8) is 0 Å². The molecule has 0 aromatic rings. The highest BCUT2D eigenvalue weighted by atomic mass is 16.3. The van der Waals surface area contributed by atoms with E-state index >= 15 is 0 Å². The van der Waals surface area contributed by atoms with E-state index in [9.17, 15) is 9.59 Å². The van der Waals surface area contributed by atoms with E-state index < -0.39 is 5.54 Å². The van der Waals surface area contributed by atoms with E-state index in [1.54, 1.807) is 6.92 Å². The number of Topliss-reactive ketones (excluding diaryl/α,β-unsaturated/α-hetero) is 1. The van der Waals surface area contributed by atoms with Gasteiger partial charge in [0.1, 0.15) is 11.4 Å². The summed E-state index contributed by atoms with van der Waals surface area (Å²) < 4.78 is 0. The van der Waals surface area contributed by atoms with Crippen molar-refractivity contribution in [2.24, 2.45) is 5.73 Å². The number of ketones is 2. The zero-order chi connectivity index (χ0) is 17.5. The van der Waals surface area contributed by atoms with Crippen LogP contribution >= 0.6 is 0 Å². The molecule has 4 aliphatic rings. The van der Waals surface area contributed by atoms with Crippen molar-refractivity contribution >= 4 is 11.6 Å². The summed E-state index contributed by atoms with van der Waals surface area (Å²) in [6, 6.07) is 0. The lowest BCUT2D eigenvalue weighted by Gasteiger charge is -2.21. The average molecular weight is 336 g/mol. The van der Waals surface area contributed by atoms with Gasteiger partial charge in [0, 0.05) is 45.3 Å². The molecule has 24 heavy (non-hydrogen) atoms. The summed E-state index contributed by atoms with van der Waals surface area (Å²) >= 11 is 0. The molecule has 1 aliphatic carbocycles. The number of carbonyl (C=O) groups is 2. The molecule has 3 saturated heterocycles. The van der Waals surface area contributed by atoms with Gasteiger partial charge in [-0.05, 0) is 6.92 Å². The summed E-state index contributed by atoms with van der Waals surface area (Å²) in [6.45, 7) is 6.63. The number of carbonyl (C=O) groups excluding carboxylic acids is 2. The Bertz CT molecular complexity index is 608. The second-order valence-electron chi connectivity index (χ2n) is 6.85. The van der Waals surface area contributed by atoms with Gasteiger partial charge in [-0.1, -0.05) is 0 Å². The predicted molar refractivity (Wildman–Crippen MR) is 86.6 cm³/mol. The van der Waals surface area contributed by atoms with Gasteiger partial charge < -0.3 is 30.6 Å². The van der Waals surface area contributed by atoms with E-state index in [0.717, 1.165) is 39.3 Å². The standard InChI is InChI=1S/C12H13N3O2.C4H11NO2/c16-9-7-8(13-1-2-13)12(17)11(15-5-6-15)10(9)14-3-4-14;1-4(5,2-6)3-7/h7H,1-6H2;6-7H,2-3,5H2,1H3. The summed E-state index contributed by atoms with van der Waals surface area (Å²) in [5.74, 6) is 0.0485. The predicted octanol–water partition coefficient (Wildman–Crippen LogP) is -2.13. The summed E-state index contributed by atoms with van der Waals surface area (Å²) in [6.07, 6.45) is 1.52. The highest BCUT2D eigenvalue weighted by molar-refractivity contribution is 6.22. The fourth-order valence-electron chi connectivity index (χ4n) is 2.33. The van der Waals surface area contributed by atoms with Crippen LogP contribution in [0.1, 0.15) is 6.92 Å². The maximum absolute atomic E-state index is 12.4. The average Bonchev–Trinajstić information content (AvgIpc) is 3.41. The smallest absolute Gasteiger partial charge is 0.227 e. The molecular weight excluding hydrogens is 312 g/mol. The quantitative estimate of drug-likeness (QED) is 0.386. The maximum Gasteiger partial charge on any atom is 0.227 e. The number of rotatable bonds is 5. The van der Waals surface area contributed by atoms with Gasteiger partial charge >= 0.3 is 0 Å². The SMILES string of the molecule is CC(N)(CO)CO.O=C1C=C(N2CC2)C(=O)C(N2CC2)=C1N1CC1. The van der Waals surface area contributed by atoms with Gasteiger partial charge in [-0.15, -0.1) is 0 Å². The number of aliphatic hydroxyl groups excluding tert-OH is 2. The van der Waals surface area contributed by atoms with E-state index in [1.807, 2.05) is 14.7 Å². The summed E-state index contributed by atoms with van der Waals surface area (Å²) in [7, 11) is 0. The number of nitrogens with zero attached hydrogens (tertiary/aromatic N) is 3. The topological polar surface area (TPSA) is 110 Å². The molecule has 3 aliphatic heterocycles. The van der Waals surface area contributed by atoms with Crippen molar-refractivity contribution in [3.8, 4) is 0 Å². The Hall–Kier alpha value is -1.90. The third-order valence-corrected chi connectivity index (χ3v) is 4.21. The summed E-state index contributed by atoms with van der Waals surface area (Å²) in [4.78, 5) is 30.5. The van der Waals surface area contributed by atoms with Crippen LogP contribution in [0.2, 0.25) is 0 Å². The zero-order valence-electron chi connectivity index (χ0n) is 13.9. The molecule has 0 aromatic carbocycles. The van der Waals surface area contributed by atoms with E-state index in [1.165, 1.54) is 6.08 Å². The fraction of sp³-hybridized carbons (Fsp3) is 0.625. The van der Waals surface area contributed by atoms with Crippen LogP contribution in [0.3, 0.4) is 0 Å². The largest absolute Gasteiger partial charge is 0.394 e. The summed E-state index contributed by atoms with van der Waals surface area (Å²) in [5.41, 5.74) is 6.30. The molecule has 0 saturated carbocycles. The molecule has 0 spiro atoms. The molecule has 3 fully saturated rings. The number of aliphatic hydroxyl groups is 2. The number of allylic oxidation sites excluding steroid dienone is 1. The van der Waals surface area contributed by atoms with Crippen molar-refractivity contribution in [1.29, 1.82) is 0 Å². The van der Waals surface area contributed by atoms with Crippen molar-refractivity contribution in [3.05, 3.63) is 23.2 Å². The Morgan fingerprint density at radius 1 is 0.958 bits per heavy atom. The number of nitrogens with two attached hydrogens (primary N) is 1. The first-order chi connectivity index (χ1) is 11.4. The van der Waals surface area contributed by atoms with Gasteiger partial charge in [0.25, 0.3) is 0 Å². The number of hydrogen-bond acceptors (Lipinski definition) is 8. The van der Waals surface area contributed by atoms with Crippen LogP contribution < -0.4 is 5.73 Å². The van der Waals surface area contributed by atoms with Crippen molar-refractivity contribution < 1.29 is 19.8 Å². The van der Waals surface area contributed by atoms with Crippen LogP contribution in [0.4, 0.5) is 0 Å². The van der Waals surface area contributed by atoms with Crippen molar-refractivity contribution in [1.82, 2.24) is 14.7 Å². The first kappa shape index (κ1) is 16.9. The lowest BCUT2D eigenvalue weighted by Crippen LogP contribution is -2.43. The maximum atomic E-state index is 12.4. The molecule has 132 valence electrons. The van der Waals surface area contributed by atoms with Crippen molar-refractivity contribution in [2.75, 3.05) is 52.5 Å². The molecule has 0 radical (unpaired) electrons. The second-order valence-corrected chi connectivity index (χ2v) is 6.85. The minimum atomic E-state index is -0.806. The van der Waals surface area contributed by atoms with Gasteiger partial charge in [0.2, 0.25) is 11.6 Å². The van der Waals surface area contributed by atoms with Gasteiger partial charge in [-0.25, -0.2) is 0 Å². The molecule has 0 aromatic heterocycles. The zero-order valence-corrected chi connectivity index (χ0v) is 13.9. The fourth-order valence-corrected chi connectivity index (χ4v) is 2.33. The van der Waals surface area contributed by atoms with Gasteiger partial charge in [0.15, 0.2) is 0 Å². The molecule has 0 atom stereocenters. The summed E-state index contributed by atoms with van der Waals surface area (Å²) in [5, 5.41) is 16.6. The number of hydrogen-bond donors (Lipinski definition) is 3. The Kier molecular flexibility index (Phi) is 4.37. The molecule has 0 bridgehead atoms. The van der Waals surface area contributed by atoms with E-state index in [-0.39, 0.29) is 24.8 Å². The lowest BCUT2D eigenvalue weighted by molar-refractivity contribution is -0.117. The van der Waals surface area contributed by atoms with Gasteiger partial charge in [-0.2, -0.15) is 0 Å². The highest BCUT2D eigenvalue weighted by Crippen LogP contribution is 2.33.